The minimum atomic E-state index is -0.628. The lowest BCUT2D eigenvalue weighted by Gasteiger charge is -2.21. The van der Waals surface area contributed by atoms with Gasteiger partial charge in [-0.2, -0.15) is 5.10 Å². The summed E-state index contributed by atoms with van der Waals surface area (Å²) in [5.41, 5.74) is 4.10. The Labute approximate surface area is 192 Å². The third kappa shape index (κ3) is 5.63. The summed E-state index contributed by atoms with van der Waals surface area (Å²) in [6.07, 6.45) is 2.51. The van der Waals surface area contributed by atoms with Gasteiger partial charge in [0.1, 0.15) is 6.54 Å². The van der Waals surface area contributed by atoms with Crippen LogP contribution in [0.15, 0.2) is 83.8 Å². The van der Waals surface area contributed by atoms with Gasteiger partial charge in [0.15, 0.2) is 0 Å². The number of carbonyl (C=O) groups excluding carboxylic acids is 1. The van der Waals surface area contributed by atoms with Gasteiger partial charge in [0.25, 0.3) is 5.56 Å². The molecule has 0 unspecified atom stereocenters. The highest BCUT2D eigenvalue weighted by atomic mass is 16.3. The number of nitrogens with one attached hydrogen (secondary N) is 2. The van der Waals surface area contributed by atoms with Gasteiger partial charge in [0.2, 0.25) is 5.91 Å². The maximum Gasteiger partial charge on any atom is 0.267 e. The standard InChI is InChI=1S/C26H28N4O3/c1-17-12-24(32)30(27-15-17)16-23(31)28-21-10-8-19(9-11-21)14-22-13-18(2)25(29-22)26(33)20-6-4-3-5-7-20/h3-12,15,22,25-26,29,33H,2,13-14,16H2,1H3,(H,28,31)/t22-,25+,26+/m0/s1. The molecule has 1 fully saturated rings. The molecule has 3 N–H and O–H groups in total. The number of benzene rings is 2. The van der Waals surface area contributed by atoms with E-state index in [-0.39, 0.29) is 30.1 Å². The van der Waals surface area contributed by atoms with Gasteiger partial charge in [-0.1, -0.05) is 54.6 Å². The Morgan fingerprint density at radius 3 is 2.67 bits per heavy atom. The Morgan fingerprint density at radius 2 is 1.97 bits per heavy atom. The van der Waals surface area contributed by atoms with Crippen molar-refractivity contribution in [1.82, 2.24) is 15.1 Å². The number of aromatic nitrogens is 2. The van der Waals surface area contributed by atoms with Crippen molar-refractivity contribution in [3.05, 3.63) is 106 Å². The SMILES string of the molecule is C=C1C[C@@H](Cc2ccc(NC(=O)Cn3ncc(C)cc3=O)cc2)N[C@H]1[C@H](O)c1ccccc1. The van der Waals surface area contributed by atoms with Crippen LogP contribution in [0.5, 0.6) is 0 Å². The maximum absolute atomic E-state index is 12.3. The van der Waals surface area contributed by atoms with Crippen molar-refractivity contribution in [2.45, 2.75) is 44.5 Å². The Bertz CT molecular complexity index is 1190. The predicted molar refractivity (Wildman–Crippen MR) is 128 cm³/mol. The molecule has 33 heavy (non-hydrogen) atoms. The summed E-state index contributed by atoms with van der Waals surface area (Å²) in [4.78, 5) is 24.2. The van der Waals surface area contributed by atoms with Crippen molar-refractivity contribution in [2.24, 2.45) is 0 Å². The Kier molecular flexibility index (Phi) is 6.82. The molecule has 2 heterocycles. The Balaban J connectivity index is 1.32. The van der Waals surface area contributed by atoms with Gasteiger partial charge in [0.05, 0.1) is 18.3 Å². The van der Waals surface area contributed by atoms with Gasteiger partial charge >= 0.3 is 0 Å². The van der Waals surface area contributed by atoms with Crippen molar-refractivity contribution in [2.75, 3.05) is 5.32 Å². The molecule has 3 atom stereocenters. The molecule has 1 amide bonds. The third-order valence-corrected chi connectivity index (χ3v) is 5.84. The lowest BCUT2D eigenvalue weighted by Crippen LogP contribution is -2.35. The van der Waals surface area contributed by atoms with Crippen LogP contribution in [0.4, 0.5) is 5.69 Å². The quantitative estimate of drug-likeness (QED) is 0.487. The summed E-state index contributed by atoms with van der Waals surface area (Å²) in [7, 11) is 0. The second-order valence-corrected chi connectivity index (χ2v) is 8.54. The van der Waals surface area contributed by atoms with Crippen LogP contribution in [-0.2, 0) is 17.8 Å². The van der Waals surface area contributed by atoms with E-state index in [4.69, 9.17) is 0 Å². The topological polar surface area (TPSA) is 96.2 Å². The minimum Gasteiger partial charge on any atom is -0.386 e. The molecular weight excluding hydrogens is 416 g/mol. The lowest BCUT2D eigenvalue weighted by molar-refractivity contribution is -0.117. The predicted octanol–water partition coefficient (Wildman–Crippen LogP) is 2.75. The highest BCUT2D eigenvalue weighted by molar-refractivity contribution is 5.90. The second kappa shape index (κ2) is 9.94. The molecule has 7 heteroatoms. The molecule has 0 aliphatic carbocycles. The fraction of sp³-hybridized carbons (Fsp3) is 0.269. The number of anilines is 1. The third-order valence-electron chi connectivity index (χ3n) is 5.84. The largest absolute Gasteiger partial charge is 0.386 e. The second-order valence-electron chi connectivity index (χ2n) is 8.54. The fourth-order valence-corrected chi connectivity index (χ4v) is 4.15. The molecular formula is C26H28N4O3. The van der Waals surface area contributed by atoms with Crippen molar-refractivity contribution < 1.29 is 9.90 Å². The summed E-state index contributed by atoms with van der Waals surface area (Å²) < 4.78 is 1.13. The first kappa shape index (κ1) is 22.6. The maximum atomic E-state index is 12.3. The first-order chi connectivity index (χ1) is 15.9. The summed E-state index contributed by atoms with van der Waals surface area (Å²) in [6, 6.07) is 18.7. The molecule has 2 aromatic carbocycles. The van der Waals surface area contributed by atoms with E-state index in [2.05, 4.69) is 22.3 Å². The zero-order chi connectivity index (χ0) is 23.4. The smallest absolute Gasteiger partial charge is 0.267 e. The van der Waals surface area contributed by atoms with Crippen molar-refractivity contribution in [1.29, 1.82) is 0 Å². The number of amides is 1. The molecule has 0 radical (unpaired) electrons. The molecule has 0 spiro atoms. The van der Waals surface area contributed by atoms with Crippen LogP contribution in [-0.4, -0.2) is 32.9 Å². The van der Waals surface area contributed by atoms with E-state index >= 15 is 0 Å². The van der Waals surface area contributed by atoms with Crippen LogP contribution in [0, 0.1) is 6.92 Å². The first-order valence-electron chi connectivity index (χ1n) is 11.0. The van der Waals surface area contributed by atoms with Gasteiger partial charge in [-0.25, -0.2) is 4.68 Å². The van der Waals surface area contributed by atoms with Crippen LogP contribution in [0.2, 0.25) is 0 Å². The molecule has 0 saturated carbocycles. The van der Waals surface area contributed by atoms with Crippen LogP contribution in [0.3, 0.4) is 0 Å². The van der Waals surface area contributed by atoms with Gasteiger partial charge in [-0.15, -0.1) is 0 Å². The van der Waals surface area contributed by atoms with Crippen LogP contribution < -0.4 is 16.2 Å². The minimum absolute atomic E-state index is 0.139. The number of hydrogen-bond donors (Lipinski definition) is 3. The van der Waals surface area contributed by atoms with Crippen LogP contribution >= 0.6 is 0 Å². The van der Waals surface area contributed by atoms with Crippen molar-refractivity contribution >= 4 is 11.6 Å². The number of carbonyl (C=O) groups is 1. The summed E-state index contributed by atoms with van der Waals surface area (Å²) >= 11 is 0. The summed E-state index contributed by atoms with van der Waals surface area (Å²) in [6.45, 7) is 5.81. The average Bonchev–Trinajstić information content (AvgIpc) is 3.17. The molecule has 1 saturated heterocycles. The van der Waals surface area contributed by atoms with Gasteiger partial charge in [-0.3, -0.25) is 9.59 Å². The first-order valence-corrected chi connectivity index (χ1v) is 11.0. The molecule has 1 aliphatic heterocycles. The van der Waals surface area contributed by atoms with E-state index in [9.17, 15) is 14.7 Å². The Hall–Kier alpha value is -3.55. The Morgan fingerprint density at radius 1 is 1.24 bits per heavy atom. The summed E-state index contributed by atoms with van der Waals surface area (Å²) in [5, 5.41) is 21.0. The molecule has 3 aromatic rings. The number of aliphatic hydroxyl groups is 1. The van der Waals surface area contributed by atoms with E-state index in [1.807, 2.05) is 54.6 Å². The molecule has 170 valence electrons. The molecule has 4 rings (SSSR count). The lowest BCUT2D eigenvalue weighted by atomic mass is 9.97. The zero-order valence-corrected chi connectivity index (χ0v) is 18.6. The molecule has 1 aromatic heterocycles. The van der Waals surface area contributed by atoms with E-state index in [1.165, 1.54) is 6.07 Å². The highest BCUT2D eigenvalue weighted by Gasteiger charge is 2.32. The number of nitrogens with zero attached hydrogens (tertiary/aromatic N) is 2. The number of rotatable bonds is 7. The highest BCUT2D eigenvalue weighted by Crippen LogP contribution is 2.30. The summed E-state index contributed by atoms with van der Waals surface area (Å²) in [5.74, 6) is -0.312. The van der Waals surface area contributed by atoms with Crippen molar-refractivity contribution in [3.63, 3.8) is 0 Å². The molecule has 1 aliphatic rings. The fourth-order valence-electron chi connectivity index (χ4n) is 4.15. The monoisotopic (exact) mass is 444 g/mol. The molecule has 7 nitrogen and oxygen atoms in total. The van der Waals surface area contributed by atoms with E-state index < -0.39 is 6.10 Å². The van der Waals surface area contributed by atoms with E-state index in [0.717, 1.165) is 39.8 Å². The normalized spacial score (nSPS) is 18.8. The van der Waals surface area contributed by atoms with Crippen molar-refractivity contribution in [3.8, 4) is 0 Å². The van der Waals surface area contributed by atoms with E-state index in [0.29, 0.717) is 5.69 Å². The van der Waals surface area contributed by atoms with Crippen LogP contribution in [0.1, 0.15) is 29.2 Å². The van der Waals surface area contributed by atoms with Gasteiger partial charge < -0.3 is 15.7 Å². The van der Waals surface area contributed by atoms with Gasteiger partial charge in [0, 0.05) is 17.8 Å². The number of hydrogen-bond acceptors (Lipinski definition) is 5. The number of aryl methyl sites for hydroxylation is 1. The number of aliphatic hydroxyl groups excluding tert-OH is 1. The average molecular weight is 445 g/mol. The molecule has 0 bridgehead atoms. The van der Waals surface area contributed by atoms with E-state index in [1.54, 1.807) is 13.1 Å². The van der Waals surface area contributed by atoms with Crippen LogP contribution in [0.25, 0.3) is 0 Å². The van der Waals surface area contributed by atoms with Gasteiger partial charge in [-0.05, 0) is 48.6 Å². The zero-order valence-electron chi connectivity index (χ0n) is 18.6.